The van der Waals surface area contributed by atoms with Gasteiger partial charge in [0, 0.05) is 18.5 Å². The van der Waals surface area contributed by atoms with Crippen LogP contribution in [0, 0.1) is 5.41 Å². The Morgan fingerprint density at radius 3 is 2.52 bits per heavy atom. The molecule has 1 amide bonds. The van der Waals surface area contributed by atoms with E-state index < -0.39 is 23.1 Å². The van der Waals surface area contributed by atoms with Crippen LogP contribution in [0.15, 0.2) is 35.6 Å². The van der Waals surface area contributed by atoms with Gasteiger partial charge in [0.25, 0.3) is 5.91 Å². The summed E-state index contributed by atoms with van der Waals surface area (Å²) in [6.45, 7) is 8.81. The van der Waals surface area contributed by atoms with Crippen molar-refractivity contribution >= 4 is 11.7 Å². The van der Waals surface area contributed by atoms with Crippen molar-refractivity contribution in [3.8, 4) is 5.75 Å². The minimum atomic E-state index is -0.711. The highest BCUT2D eigenvalue weighted by Gasteiger charge is 2.45. The van der Waals surface area contributed by atoms with E-state index in [4.69, 9.17) is 4.74 Å². The van der Waals surface area contributed by atoms with Crippen LogP contribution in [0.25, 0.3) is 0 Å². The van der Waals surface area contributed by atoms with E-state index in [0.29, 0.717) is 25.4 Å². The van der Waals surface area contributed by atoms with Crippen LogP contribution in [0.3, 0.4) is 0 Å². The number of benzene rings is 1. The lowest BCUT2D eigenvalue weighted by molar-refractivity contribution is -0.129. The van der Waals surface area contributed by atoms with E-state index in [9.17, 15) is 14.7 Å². The first-order chi connectivity index (χ1) is 12.6. The summed E-state index contributed by atoms with van der Waals surface area (Å²) in [4.78, 5) is 29.4. The molecule has 2 rings (SSSR count). The fraction of sp³-hybridized carbons (Fsp3) is 0.524. The number of nitrogens with zero attached hydrogens (tertiary/aromatic N) is 2. The number of rotatable bonds is 7. The molecule has 1 unspecified atom stereocenters. The van der Waals surface area contributed by atoms with Crippen LogP contribution >= 0.6 is 0 Å². The highest BCUT2D eigenvalue weighted by Crippen LogP contribution is 2.41. The Hall–Kier alpha value is -2.34. The lowest BCUT2D eigenvalue weighted by atomic mass is 9.82. The normalized spacial score (nSPS) is 17.8. The Morgan fingerprint density at radius 2 is 1.96 bits per heavy atom. The van der Waals surface area contributed by atoms with Crippen LogP contribution < -0.4 is 4.74 Å². The van der Waals surface area contributed by atoms with E-state index in [1.807, 2.05) is 50.2 Å². The number of likely N-dealkylation sites (N-methyl/N-ethyl adjacent to an activating group) is 1. The summed E-state index contributed by atoms with van der Waals surface area (Å²) in [5.41, 5.74) is 0.210. The molecule has 0 aliphatic carbocycles. The SMILES string of the molecule is CCOc1cccc(C2C(C(=O)C(C)(C)C)=C(O)C(=O)N2CCN(C)C)c1. The number of hydrogen-bond acceptors (Lipinski definition) is 5. The molecule has 0 bridgehead atoms. The molecule has 0 fully saturated rings. The molecule has 148 valence electrons. The minimum absolute atomic E-state index is 0.167. The Labute approximate surface area is 161 Å². The molecule has 1 aliphatic heterocycles. The third-order valence-electron chi connectivity index (χ3n) is 4.50. The van der Waals surface area contributed by atoms with Gasteiger partial charge < -0.3 is 19.6 Å². The standard InChI is InChI=1S/C21H30N2O4/c1-7-27-15-10-8-9-14(13-15)17-16(19(25)21(2,3)4)18(24)20(26)23(17)12-11-22(5)6/h8-10,13,17,24H,7,11-12H2,1-6H3. The van der Waals surface area contributed by atoms with Crippen LogP contribution in [-0.2, 0) is 9.59 Å². The van der Waals surface area contributed by atoms with Gasteiger partial charge in [-0.05, 0) is 38.7 Å². The summed E-state index contributed by atoms with van der Waals surface area (Å²) in [6.07, 6.45) is 0. The summed E-state index contributed by atoms with van der Waals surface area (Å²) < 4.78 is 5.58. The highest BCUT2D eigenvalue weighted by molar-refractivity contribution is 6.10. The topological polar surface area (TPSA) is 70.1 Å². The molecular formula is C21H30N2O4. The van der Waals surface area contributed by atoms with Crippen molar-refractivity contribution in [3.63, 3.8) is 0 Å². The molecule has 6 nitrogen and oxygen atoms in total. The van der Waals surface area contributed by atoms with Crippen LogP contribution in [0.2, 0.25) is 0 Å². The van der Waals surface area contributed by atoms with Crippen molar-refractivity contribution in [3.05, 3.63) is 41.2 Å². The van der Waals surface area contributed by atoms with Gasteiger partial charge in [-0.3, -0.25) is 9.59 Å². The zero-order valence-corrected chi connectivity index (χ0v) is 17.1. The zero-order chi connectivity index (χ0) is 20.4. The summed E-state index contributed by atoms with van der Waals surface area (Å²) in [5, 5.41) is 10.6. The van der Waals surface area contributed by atoms with Crippen molar-refractivity contribution < 1.29 is 19.4 Å². The molecule has 1 atom stereocenters. The van der Waals surface area contributed by atoms with Gasteiger partial charge in [-0.1, -0.05) is 32.9 Å². The molecule has 0 radical (unpaired) electrons. The Bertz CT molecular complexity index is 747. The van der Waals surface area contributed by atoms with Gasteiger partial charge in [-0.15, -0.1) is 0 Å². The monoisotopic (exact) mass is 374 g/mol. The van der Waals surface area contributed by atoms with Crippen molar-refractivity contribution in [2.45, 2.75) is 33.7 Å². The quantitative estimate of drug-likeness (QED) is 0.795. The van der Waals surface area contributed by atoms with Crippen LogP contribution in [-0.4, -0.2) is 60.4 Å². The fourth-order valence-electron chi connectivity index (χ4n) is 3.12. The maximum Gasteiger partial charge on any atom is 0.290 e. The molecule has 0 saturated heterocycles. The zero-order valence-electron chi connectivity index (χ0n) is 17.1. The van der Waals surface area contributed by atoms with Gasteiger partial charge in [0.15, 0.2) is 11.5 Å². The van der Waals surface area contributed by atoms with E-state index in [2.05, 4.69) is 0 Å². The molecule has 1 aromatic carbocycles. The van der Waals surface area contributed by atoms with Crippen molar-refractivity contribution in [2.75, 3.05) is 33.8 Å². The first-order valence-corrected chi connectivity index (χ1v) is 9.24. The number of ketones is 1. The lowest BCUT2D eigenvalue weighted by Gasteiger charge is -2.30. The van der Waals surface area contributed by atoms with Gasteiger partial charge in [-0.2, -0.15) is 0 Å². The van der Waals surface area contributed by atoms with Gasteiger partial charge in [-0.25, -0.2) is 0 Å². The first kappa shape index (κ1) is 21.0. The summed E-state index contributed by atoms with van der Waals surface area (Å²) in [6, 6.07) is 6.74. The second kappa shape index (κ2) is 8.13. The first-order valence-electron chi connectivity index (χ1n) is 9.24. The largest absolute Gasteiger partial charge is 0.503 e. The fourth-order valence-corrected chi connectivity index (χ4v) is 3.12. The van der Waals surface area contributed by atoms with Crippen molar-refractivity contribution in [2.24, 2.45) is 5.41 Å². The number of carbonyl (C=O) groups excluding carboxylic acids is 2. The van der Waals surface area contributed by atoms with Crippen LogP contribution in [0.5, 0.6) is 5.75 Å². The predicted octanol–water partition coefficient (Wildman–Crippen LogP) is 2.96. The highest BCUT2D eigenvalue weighted by atomic mass is 16.5. The Morgan fingerprint density at radius 1 is 1.30 bits per heavy atom. The summed E-state index contributed by atoms with van der Waals surface area (Å²) in [5.74, 6) is -0.506. The number of aliphatic hydroxyl groups excluding tert-OH is 1. The number of aliphatic hydroxyl groups is 1. The van der Waals surface area contributed by atoms with Gasteiger partial charge in [0.1, 0.15) is 5.75 Å². The Balaban J connectivity index is 2.54. The van der Waals surface area contributed by atoms with E-state index in [1.54, 1.807) is 25.7 Å². The predicted molar refractivity (Wildman–Crippen MR) is 105 cm³/mol. The molecule has 1 aliphatic rings. The number of amides is 1. The molecule has 0 spiro atoms. The number of carbonyl (C=O) groups is 2. The number of ether oxygens (including phenoxy) is 1. The van der Waals surface area contributed by atoms with Gasteiger partial charge >= 0.3 is 0 Å². The van der Waals surface area contributed by atoms with E-state index in [0.717, 1.165) is 5.56 Å². The van der Waals surface area contributed by atoms with E-state index in [-0.39, 0.29) is 11.4 Å². The summed E-state index contributed by atoms with van der Waals surface area (Å²) >= 11 is 0. The average molecular weight is 374 g/mol. The van der Waals surface area contributed by atoms with E-state index in [1.165, 1.54) is 0 Å². The maximum atomic E-state index is 13.1. The molecule has 27 heavy (non-hydrogen) atoms. The molecule has 0 saturated carbocycles. The average Bonchev–Trinajstić information content (AvgIpc) is 2.83. The van der Waals surface area contributed by atoms with Gasteiger partial charge in [0.05, 0.1) is 18.2 Å². The number of hydrogen-bond donors (Lipinski definition) is 1. The van der Waals surface area contributed by atoms with E-state index >= 15 is 0 Å². The van der Waals surface area contributed by atoms with Crippen molar-refractivity contribution in [1.82, 2.24) is 9.80 Å². The van der Waals surface area contributed by atoms with Crippen LogP contribution in [0.4, 0.5) is 0 Å². The second-order valence-corrected chi connectivity index (χ2v) is 8.05. The molecule has 6 heteroatoms. The summed E-state index contributed by atoms with van der Waals surface area (Å²) in [7, 11) is 3.83. The minimum Gasteiger partial charge on any atom is -0.503 e. The van der Waals surface area contributed by atoms with Crippen LogP contribution in [0.1, 0.15) is 39.3 Å². The molecule has 1 N–H and O–H groups in total. The third kappa shape index (κ3) is 4.50. The van der Waals surface area contributed by atoms with Gasteiger partial charge in [0.2, 0.25) is 0 Å². The maximum absolute atomic E-state index is 13.1. The molecule has 1 heterocycles. The number of Topliss-reactive ketones (excluding diaryl/α,β-unsaturated/α-hetero) is 1. The molecular weight excluding hydrogens is 344 g/mol. The molecule has 0 aromatic heterocycles. The smallest absolute Gasteiger partial charge is 0.290 e. The Kier molecular flexibility index (Phi) is 6.31. The van der Waals surface area contributed by atoms with Crippen molar-refractivity contribution in [1.29, 1.82) is 0 Å². The lowest BCUT2D eigenvalue weighted by Crippen LogP contribution is -2.37. The third-order valence-corrected chi connectivity index (χ3v) is 4.50. The second-order valence-electron chi connectivity index (χ2n) is 8.05. The molecule has 1 aromatic rings.